The van der Waals surface area contributed by atoms with Crippen molar-refractivity contribution >= 4 is 5.78 Å². The molecular formula is C14H18O3. The van der Waals surface area contributed by atoms with Crippen LogP contribution in [0, 0.1) is 11.8 Å². The molecule has 0 bridgehead atoms. The second-order valence-electron chi connectivity index (χ2n) is 5.66. The molecule has 3 unspecified atom stereocenters. The molecule has 0 spiro atoms. The van der Waals surface area contributed by atoms with Crippen LogP contribution >= 0.6 is 0 Å². The number of aliphatic hydroxyl groups is 1. The van der Waals surface area contributed by atoms with Crippen molar-refractivity contribution in [2.75, 3.05) is 0 Å². The van der Waals surface area contributed by atoms with Crippen LogP contribution in [-0.2, 0) is 0 Å². The van der Waals surface area contributed by atoms with Crippen molar-refractivity contribution in [3.8, 4) is 0 Å². The Bertz CT molecular complexity index is 458. The zero-order chi connectivity index (χ0) is 12.2. The third kappa shape index (κ3) is 1.48. The molecule has 3 nitrogen and oxygen atoms in total. The maximum Gasteiger partial charge on any atom is 0.166 e. The van der Waals surface area contributed by atoms with Gasteiger partial charge < -0.3 is 9.52 Å². The molecule has 1 aromatic heterocycles. The molecule has 1 aromatic rings. The van der Waals surface area contributed by atoms with Crippen molar-refractivity contribution in [3.05, 3.63) is 23.2 Å². The van der Waals surface area contributed by atoms with E-state index in [0.717, 1.165) is 24.0 Å². The molecule has 3 atom stereocenters. The van der Waals surface area contributed by atoms with Crippen LogP contribution in [0.15, 0.2) is 10.7 Å². The van der Waals surface area contributed by atoms with Gasteiger partial charge in [0.2, 0.25) is 0 Å². The Hall–Kier alpha value is -1.09. The number of furan rings is 1. The van der Waals surface area contributed by atoms with Crippen LogP contribution in [0.1, 0.15) is 66.8 Å². The Kier molecular flexibility index (Phi) is 2.40. The van der Waals surface area contributed by atoms with Crippen LogP contribution in [0.3, 0.4) is 0 Å². The molecule has 0 fully saturated rings. The first-order valence-corrected chi connectivity index (χ1v) is 6.42. The summed E-state index contributed by atoms with van der Waals surface area (Å²) in [5, 5.41) is 9.92. The minimum Gasteiger partial charge on any atom is -0.465 e. The zero-order valence-corrected chi connectivity index (χ0v) is 10.3. The van der Waals surface area contributed by atoms with E-state index in [4.69, 9.17) is 4.42 Å². The first-order valence-electron chi connectivity index (χ1n) is 6.42. The zero-order valence-electron chi connectivity index (χ0n) is 10.3. The number of rotatable bonds is 1. The molecule has 0 amide bonds. The lowest BCUT2D eigenvalue weighted by Crippen LogP contribution is -2.31. The van der Waals surface area contributed by atoms with E-state index < -0.39 is 6.10 Å². The van der Waals surface area contributed by atoms with Crippen molar-refractivity contribution in [1.29, 1.82) is 0 Å². The highest BCUT2D eigenvalue weighted by Gasteiger charge is 2.42. The molecule has 3 rings (SSSR count). The van der Waals surface area contributed by atoms with Crippen LogP contribution in [0.2, 0.25) is 0 Å². The first-order chi connectivity index (χ1) is 8.09. The summed E-state index contributed by atoms with van der Waals surface area (Å²) in [4.78, 5) is 12.1. The Balaban J connectivity index is 2.12. The van der Waals surface area contributed by atoms with Crippen molar-refractivity contribution in [3.63, 3.8) is 0 Å². The predicted molar refractivity (Wildman–Crippen MR) is 62.9 cm³/mol. The number of carbonyl (C=O) groups excluding carboxylic acids is 1. The molecule has 92 valence electrons. The summed E-state index contributed by atoms with van der Waals surface area (Å²) in [6.45, 7) is 4.35. The van der Waals surface area contributed by atoms with Crippen LogP contribution in [0.5, 0.6) is 0 Å². The lowest BCUT2D eigenvalue weighted by molar-refractivity contribution is 0.0865. The highest BCUT2D eigenvalue weighted by molar-refractivity contribution is 5.99. The maximum atomic E-state index is 12.1. The monoisotopic (exact) mass is 234 g/mol. The van der Waals surface area contributed by atoms with Gasteiger partial charge in [-0.2, -0.15) is 0 Å². The van der Waals surface area contributed by atoms with E-state index >= 15 is 0 Å². The number of hydrogen-bond donors (Lipinski definition) is 1. The normalized spacial score (nSPS) is 31.8. The van der Waals surface area contributed by atoms with Crippen molar-refractivity contribution < 1.29 is 14.3 Å². The lowest BCUT2D eigenvalue weighted by Gasteiger charge is -2.37. The van der Waals surface area contributed by atoms with Crippen molar-refractivity contribution in [1.82, 2.24) is 0 Å². The van der Waals surface area contributed by atoms with Gasteiger partial charge in [0, 0.05) is 12.0 Å². The first kappa shape index (κ1) is 11.0. The summed E-state index contributed by atoms with van der Waals surface area (Å²) in [6, 6.07) is 0. The maximum absolute atomic E-state index is 12.1. The van der Waals surface area contributed by atoms with Gasteiger partial charge in [-0.05, 0) is 30.6 Å². The molecule has 0 aliphatic heterocycles. The van der Waals surface area contributed by atoms with Crippen LogP contribution < -0.4 is 0 Å². The number of ketones is 1. The fraction of sp³-hybridized carbons (Fsp3) is 0.643. The Morgan fingerprint density at radius 2 is 2.18 bits per heavy atom. The highest BCUT2D eigenvalue weighted by atomic mass is 16.4. The van der Waals surface area contributed by atoms with E-state index in [2.05, 4.69) is 13.8 Å². The molecule has 0 radical (unpaired) electrons. The van der Waals surface area contributed by atoms with Gasteiger partial charge in [-0.3, -0.25) is 4.79 Å². The quantitative estimate of drug-likeness (QED) is 0.812. The Labute approximate surface area is 101 Å². The van der Waals surface area contributed by atoms with Crippen molar-refractivity contribution in [2.45, 2.75) is 45.1 Å². The molecule has 17 heavy (non-hydrogen) atoms. The topological polar surface area (TPSA) is 50.4 Å². The SMILES string of the molecule is CC(C)C1CC(=O)c2coc3c2C1CCC3O. The molecule has 1 N–H and O–H groups in total. The Morgan fingerprint density at radius 3 is 2.88 bits per heavy atom. The van der Waals surface area contributed by atoms with Crippen LogP contribution in [0.4, 0.5) is 0 Å². The van der Waals surface area contributed by atoms with Gasteiger partial charge in [-0.25, -0.2) is 0 Å². The van der Waals surface area contributed by atoms with E-state index in [1.54, 1.807) is 6.26 Å². The van der Waals surface area contributed by atoms with Crippen LogP contribution in [0.25, 0.3) is 0 Å². The van der Waals surface area contributed by atoms with Crippen molar-refractivity contribution in [2.24, 2.45) is 11.8 Å². The summed E-state index contributed by atoms with van der Waals surface area (Å²) < 4.78 is 5.43. The summed E-state index contributed by atoms with van der Waals surface area (Å²) in [7, 11) is 0. The molecule has 0 saturated carbocycles. The minimum atomic E-state index is -0.520. The number of Topliss-reactive ketones (excluding diaryl/α,β-unsaturated/α-hetero) is 1. The smallest absolute Gasteiger partial charge is 0.166 e. The van der Waals surface area contributed by atoms with Gasteiger partial charge in [0.05, 0.1) is 5.56 Å². The fourth-order valence-electron chi connectivity index (χ4n) is 3.45. The summed E-state index contributed by atoms with van der Waals surface area (Å²) in [6.07, 6.45) is 3.38. The third-order valence-corrected chi connectivity index (χ3v) is 4.38. The number of hydrogen-bond acceptors (Lipinski definition) is 3. The summed E-state index contributed by atoms with van der Waals surface area (Å²) in [5.74, 6) is 2.13. The highest BCUT2D eigenvalue weighted by Crippen LogP contribution is 2.50. The molecule has 0 saturated heterocycles. The summed E-state index contributed by atoms with van der Waals surface area (Å²) in [5.41, 5.74) is 1.74. The Morgan fingerprint density at radius 1 is 1.41 bits per heavy atom. The van der Waals surface area contributed by atoms with Gasteiger partial charge in [0.1, 0.15) is 18.1 Å². The molecule has 2 aliphatic carbocycles. The van der Waals surface area contributed by atoms with Crippen LogP contribution in [-0.4, -0.2) is 10.9 Å². The lowest BCUT2D eigenvalue weighted by atomic mass is 9.66. The standard InChI is InChI=1S/C14H18O3/c1-7(2)9-5-12(16)10-6-17-14-11(15)4-3-8(9)13(10)14/h6-9,11,15H,3-5H2,1-2H3. The van der Waals surface area contributed by atoms with E-state index in [9.17, 15) is 9.90 Å². The van der Waals surface area contributed by atoms with Gasteiger partial charge in [-0.1, -0.05) is 13.8 Å². The van der Waals surface area contributed by atoms with Gasteiger partial charge in [-0.15, -0.1) is 0 Å². The molecule has 0 aromatic carbocycles. The van der Waals surface area contributed by atoms with E-state index in [1.807, 2.05) is 0 Å². The average molecular weight is 234 g/mol. The predicted octanol–water partition coefficient (Wildman–Crippen LogP) is 3.05. The number of aliphatic hydroxyl groups excluding tert-OH is 1. The van der Waals surface area contributed by atoms with E-state index in [1.165, 1.54) is 0 Å². The third-order valence-electron chi connectivity index (χ3n) is 4.38. The van der Waals surface area contributed by atoms with E-state index in [0.29, 0.717) is 29.9 Å². The molecule has 1 heterocycles. The molecule has 2 aliphatic rings. The van der Waals surface area contributed by atoms with E-state index in [-0.39, 0.29) is 5.78 Å². The van der Waals surface area contributed by atoms with Gasteiger partial charge in [0.25, 0.3) is 0 Å². The molecular weight excluding hydrogens is 216 g/mol. The second-order valence-corrected chi connectivity index (χ2v) is 5.66. The van der Waals surface area contributed by atoms with Gasteiger partial charge >= 0.3 is 0 Å². The fourth-order valence-corrected chi connectivity index (χ4v) is 3.45. The summed E-state index contributed by atoms with van der Waals surface area (Å²) >= 11 is 0. The minimum absolute atomic E-state index is 0.180. The average Bonchev–Trinajstić information content (AvgIpc) is 2.72. The second kappa shape index (κ2) is 3.70. The van der Waals surface area contributed by atoms with Gasteiger partial charge in [0.15, 0.2) is 5.78 Å². The number of carbonyl (C=O) groups is 1. The molecule has 3 heteroatoms. The largest absolute Gasteiger partial charge is 0.465 e.